The highest BCUT2D eigenvalue weighted by Crippen LogP contribution is 2.13. The first-order chi connectivity index (χ1) is 10.7. The second-order valence-corrected chi connectivity index (χ2v) is 5.00. The molecule has 1 amide bonds. The average Bonchev–Trinajstić information content (AvgIpc) is 2.55. The standard InChI is InChI=1S/C17H17ClN2O2/c1-2-11-22-15-9-7-13(8-10-15)17(21)20-19-12-14-5-3-4-6-16(14)18/h3-10,12H,2,11H2,1H3,(H,20,21)/b19-12+. The number of amides is 1. The van der Waals surface area contributed by atoms with Gasteiger partial charge in [0, 0.05) is 16.1 Å². The summed E-state index contributed by atoms with van der Waals surface area (Å²) >= 11 is 6.00. The zero-order chi connectivity index (χ0) is 15.8. The van der Waals surface area contributed by atoms with E-state index in [9.17, 15) is 4.79 Å². The molecule has 0 radical (unpaired) electrons. The van der Waals surface area contributed by atoms with Crippen molar-refractivity contribution in [2.24, 2.45) is 5.10 Å². The molecule has 0 unspecified atom stereocenters. The number of benzene rings is 2. The summed E-state index contributed by atoms with van der Waals surface area (Å²) in [5.41, 5.74) is 3.73. The minimum atomic E-state index is -0.287. The predicted molar refractivity (Wildman–Crippen MR) is 88.7 cm³/mol. The lowest BCUT2D eigenvalue weighted by Crippen LogP contribution is -2.17. The molecule has 0 bridgehead atoms. The molecule has 2 aromatic rings. The van der Waals surface area contributed by atoms with Crippen LogP contribution >= 0.6 is 11.6 Å². The van der Waals surface area contributed by atoms with Gasteiger partial charge in [-0.05, 0) is 36.8 Å². The highest BCUT2D eigenvalue weighted by molar-refractivity contribution is 6.33. The van der Waals surface area contributed by atoms with Crippen molar-refractivity contribution in [3.8, 4) is 5.75 Å². The third kappa shape index (κ3) is 4.60. The molecule has 0 fully saturated rings. The van der Waals surface area contributed by atoms with E-state index in [-0.39, 0.29) is 5.91 Å². The van der Waals surface area contributed by atoms with Gasteiger partial charge in [-0.25, -0.2) is 5.43 Å². The lowest BCUT2D eigenvalue weighted by Gasteiger charge is -2.05. The average molecular weight is 317 g/mol. The number of nitrogens with zero attached hydrogens (tertiary/aromatic N) is 1. The van der Waals surface area contributed by atoms with Crippen molar-refractivity contribution < 1.29 is 9.53 Å². The summed E-state index contributed by atoms with van der Waals surface area (Å²) in [7, 11) is 0. The van der Waals surface area contributed by atoms with Gasteiger partial charge in [-0.3, -0.25) is 4.79 Å². The Morgan fingerprint density at radius 2 is 1.95 bits per heavy atom. The summed E-state index contributed by atoms with van der Waals surface area (Å²) in [5, 5.41) is 4.49. The van der Waals surface area contributed by atoms with Crippen LogP contribution in [0.5, 0.6) is 5.75 Å². The van der Waals surface area contributed by atoms with E-state index < -0.39 is 0 Å². The monoisotopic (exact) mass is 316 g/mol. The lowest BCUT2D eigenvalue weighted by atomic mass is 10.2. The second-order valence-electron chi connectivity index (χ2n) is 4.59. The molecule has 22 heavy (non-hydrogen) atoms. The number of halogens is 1. The second kappa shape index (κ2) is 8.20. The van der Waals surface area contributed by atoms with Crippen LogP contribution < -0.4 is 10.2 Å². The number of hydrogen-bond acceptors (Lipinski definition) is 3. The van der Waals surface area contributed by atoms with E-state index in [1.807, 2.05) is 25.1 Å². The van der Waals surface area contributed by atoms with Gasteiger partial charge in [0.05, 0.1) is 12.8 Å². The normalized spacial score (nSPS) is 10.6. The van der Waals surface area contributed by atoms with Gasteiger partial charge >= 0.3 is 0 Å². The quantitative estimate of drug-likeness (QED) is 0.649. The van der Waals surface area contributed by atoms with Gasteiger partial charge < -0.3 is 4.74 Å². The maximum Gasteiger partial charge on any atom is 0.271 e. The smallest absolute Gasteiger partial charge is 0.271 e. The fourth-order valence-electron chi connectivity index (χ4n) is 1.73. The molecule has 0 aliphatic carbocycles. The van der Waals surface area contributed by atoms with Gasteiger partial charge in [-0.1, -0.05) is 36.7 Å². The minimum Gasteiger partial charge on any atom is -0.494 e. The zero-order valence-corrected chi connectivity index (χ0v) is 13.0. The molecule has 5 heteroatoms. The number of hydrogen-bond donors (Lipinski definition) is 1. The molecule has 0 aliphatic heterocycles. The topological polar surface area (TPSA) is 50.7 Å². The molecule has 0 saturated heterocycles. The first-order valence-corrected chi connectivity index (χ1v) is 7.39. The van der Waals surface area contributed by atoms with E-state index in [2.05, 4.69) is 10.5 Å². The number of ether oxygens (including phenoxy) is 1. The summed E-state index contributed by atoms with van der Waals surface area (Å²) < 4.78 is 5.47. The Bertz CT molecular complexity index is 654. The lowest BCUT2D eigenvalue weighted by molar-refractivity contribution is 0.0955. The van der Waals surface area contributed by atoms with Crippen molar-refractivity contribution in [2.75, 3.05) is 6.61 Å². The van der Waals surface area contributed by atoms with E-state index in [1.54, 1.807) is 30.3 Å². The van der Waals surface area contributed by atoms with Crippen molar-refractivity contribution in [3.05, 3.63) is 64.7 Å². The first-order valence-electron chi connectivity index (χ1n) is 7.01. The number of hydrazone groups is 1. The molecule has 0 aromatic heterocycles. The molecule has 0 heterocycles. The number of rotatable bonds is 6. The van der Waals surface area contributed by atoms with E-state index in [0.717, 1.165) is 17.7 Å². The van der Waals surface area contributed by atoms with Crippen molar-refractivity contribution in [1.29, 1.82) is 0 Å². The van der Waals surface area contributed by atoms with Crippen LogP contribution in [0.2, 0.25) is 5.02 Å². The molecule has 2 rings (SSSR count). The van der Waals surface area contributed by atoms with Crippen LogP contribution in [0.1, 0.15) is 29.3 Å². The molecule has 4 nitrogen and oxygen atoms in total. The van der Waals surface area contributed by atoms with Gasteiger partial charge in [0.2, 0.25) is 0 Å². The maximum atomic E-state index is 11.9. The third-order valence-corrected chi connectivity index (χ3v) is 3.21. The van der Waals surface area contributed by atoms with Crippen molar-refractivity contribution in [3.63, 3.8) is 0 Å². The number of carbonyl (C=O) groups is 1. The predicted octanol–water partition coefficient (Wildman–Crippen LogP) is 3.89. The number of carbonyl (C=O) groups excluding carboxylic acids is 1. The Morgan fingerprint density at radius 3 is 2.64 bits per heavy atom. The number of nitrogens with one attached hydrogen (secondary N) is 1. The first kappa shape index (κ1) is 16.0. The molecule has 0 saturated carbocycles. The van der Waals surface area contributed by atoms with Crippen LogP contribution in [0, 0.1) is 0 Å². The van der Waals surface area contributed by atoms with Gasteiger partial charge in [0.15, 0.2) is 0 Å². The van der Waals surface area contributed by atoms with E-state index >= 15 is 0 Å². The zero-order valence-electron chi connectivity index (χ0n) is 12.3. The largest absolute Gasteiger partial charge is 0.494 e. The Balaban J connectivity index is 1.93. The summed E-state index contributed by atoms with van der Waals surface area (Å²) in [6.45, 7) is 2.70. The maximum absolute atomic E-state index is 11.9. The van der Waals surface area contributed by atoms with Crippen LogP contribution in [0.4, 0.5) is 0 Å². The minimum absolute atomic E-state index is 0.287. The highest BCUT2D eigenvalue weighted by Gasteiger charge is 2.04. The van der Waals surface area contributed by atoms with Crippen molar-refractivity contribution in [1.82, 2.24) is 5.43 Å². The highest BCUT2D eigenvalue weighted by atomic mass is 35.5. The van der Waals surface area contributed by atoms with Gasteiger partial charge in [0.1, 0.15) is 5.75 Å². The summed E-state index contributed by atoms with van der Waals surface area (Å²) in [5.74, 6) is 0.461. The Morgan fingerprint density at radius 1 is 1.23 bits per heavy atom. The van der Waals surface area contributed by atoms with Crippen LogP contribution in [0.15, 0.2) is 53.6 Å². The third-order valence-electron chi connectivity index (χ3n) is 2.86. The molecule has 2 aromatic carbocycles. The Hall–Kier alpha value is -2.33. The molecule has 1 N–H and O–H groups in total. The van der Waals surface area contributed by atoms with E-state index in [1.165, 1.54) is 6.21 Å². The fraction of sp³-hybridized carbons (Fsp3) is 0.176. The Kier molecular flexibility index (Phi) is 5.98. The van der Waals surface area contributed by atoms with E-state index in [4.69, 9.17) is 16.3 Å². The van der Waals surface area contributed by atoms with Crippen molar-refractivity contribution >= 4 is 23.7 Å². The van der Waals surface area contributed by atoms with Crippen LogP contribution in [-0.4, -0.2) is 18.7 Å². The molecular formula is C17H17ClN2O2. The van der Waals surface area contributed by atoms with Gasteiger partial charge in [-0.2, -0.15) is 5.10 Å². The molecule has 114 valence electrons. The van der Waals surface area contributed by atoms with Crippen LogP contribution in [-0.2, 0) is 0 Å². The van der Waals surface area contributed by atoms with E-state index in [0.29, 0.717) is 17.2 Å². The molecular weight excluding hydrogens is 300 g/mol. The van der Waals surface area contributed by atoms with Crippen LogP contribution in [0.3, 0.4) is 0 Å². The van der Waals surface area contributed by atoms with Crippen molar-refractivity contribution in [2.45, 2.75) is 13.3 Å². The summed E-state index contributed by atoms with van der Waals surface area (Å²) in [6.07, 6.45) is 2.46. The Labute approximate surface area is 134 Å². The van der Waals surface area contributed by atoms with Gasteiger partial charge in [-0.15, -0.1) is 0 Å². The molecule has 0 atom stereocenters. The molecule has 0 spiro atoms. The van der Waals surface area contributed by atoms with Crippen LogP contribution in [0.25, 0.3) is 0 Å². The SMILES string of the molecule is CCCOc1ccc(C(=O)N/N=C/c2ccccc2Cl)cc1. The summed E-state index contributed by atoms with van der Waals surface area (Å²) in [6, 6.07) is 14.2. The summed E-state index contributed by atoms with van der Waals surface area (Å²) in [4.78, 5) is 11.9. The molecule has 0 aliphatic rings. The fourth-order valence-corrected chi connectivity index (χ4v) is 1.91. The van der Waals surface area contributed by atoms with Gasteiger partial charge in [0.25, 0.3) is 5.91 Å².